The summed E-state index contributed by atoms with van der Waals surface area (Å²) in [5, 5.41) is 0. The van der Waals surface area contributed by atoms with Gasteiger partial charge >= 0.3 is 21.7 Å². The Morgan fingerprint density at radius 1 is 0.652 bits per heavy atom. The zero-order valence-electron chi connectivity index (χ0n) is 13.3. The second-order valence-electron chi connectivity index (χ2n) is 6.98. The number of hydrogen-bond acceptors (Lipinski definition) is 0. The molecule has 0 bridgehead atoms. The van der Waals surface area contributed by atoms with Crippen LogP contribution in [0, 0.1) is 48.3 Å². The van der Waals surface area contributed by atoms with Gasteiger partial charge in [-0.1, -0.05) is 62.1 Å². The van der Waals surface area contributed by atoms with E-state index in [0.717, 1.165) is 35.5 Å². The van der Waals surface area contributed by atoms with Crippen LogP contribution in [0.15, 0.2) is 48.6 Å². The second-order valence-corrected chi connectivity index (χ2v) is 6.98. The number of allylic oxidation sites excluding steroid dienone is 8. The van der Waals surface area contributed by atoms with E-state index in [2.05, 4.69) is 61.4 Å². The molecule has 0 aromatic carbocycles. The SMILES string of the molecule is C1=CC2[CH-]C(CCC3[CH-]C4C=CC=CC4C3)CC2C=C1.[F-].[F-].[Ti+4]. The molecule has 0 heterocycles. The van der Waals surface area contributed by atoms with Gasteiger partial charge in [0.1, 0.15) is 0 Å². The normalized spacial score (nSPS) is 39.0. The molecule has 0 spiro atoms. The Labute approximate surface area is 153 Å². The van der Waals surface area contributed by atoms with Crippen molar-refractivity contribution in [2.24, 2.45) is 35.5 Å². The number of fused-ring (bicyclic) bond motifs is 2. The standard InChI is InChI=1S/C20H24.2FH.Ti/c1-2-6-18-12-15(11-17(18)5-1)9-10-16-13-19-7-3-4-8-20(19)14-16;;;/h1-8,11,13,15-20H,9-10,12,14H2;2*1H;/q-2;;;+4/p-2. The molecule has 0 nitrogen and oxygen atoms in total. The van der Waals surface area contributed by atoms with E-state index in [-0.39, 0.29) is 31.1 Å². The van der Waals surface area contributed by atoms with E-state index in [1.165, 1.54) is 25.7 Å². The number of halogens is 2. The van der Waals surface area contributed by atoms with Crippen molar-refractivity contribution in [2.75, 3.05) is 0 Å². The van der Waals surface area contributed by atoms with Crippen LogP contribution in [0.5, 0.6) is 0 Å². The maximum absolute atomic E-state index is 2.62. The molecule has 0 radical (unpaired) electrons. The minimum Gasteiger partial charge on any atom is -1.00 e. The third-order valence-electron chi connectivity index (χ3n) is 5.64. The van der Waals surface area contributed by atoms with Gasteiger partial charge in [0.2, 0.25) is 0 Å². The smallest absolute Gasteiger partial charge is 1.00 e. The van der Waals surface area contributed by atoms with E-state index in [9.17, 15) is 0 Å². The van der Waals surface area contributed by atoms with Gasteiger partial charge in [0.15, 0.2) is 0 Å². The van der Waals surface area contributed by atoms with Gasteiger partial charge in [0.05, 0.1) is 0 Å². The van der Waals surface area contributed by atoms with Gasteiger partial charge in [0.25, 0.3) is 0 Å². The van der Waals surface area contributed by atoms with Gasteiger partial charge < -0.3 is 22.3 Å². The molecule has 6 atom stereocenters. The quantitative estimate of drug-likeness (QED) is 0.450. The fourth-order valence-electron chi connectivity index (χ4n) is 4.57. The van der Waals surface area contributed by atoms with E-state index < -0.39 is 0 Å². The third kappa shape index (κ3) is 4.54. The molecule has 4 aliphatic rings. The van der Waals surface area contributed by atoms with Crippen LogP contribution in [-0.2, 0) is 21.7 Å². The predicted octanol–water partition coefficient (Wildman–Crippen LogP) is -1.06. The molecule has 0 aliphatic heterocycles. The summed E-state index contributed by atoms with van der Waals surface area (Å²) in [5.41, 5.74) is 0. The molecular formula is C20H24F2Ti. The fraction of sp³-hybridized carbons (Fsp3) is 0.500. The van der Waals surface area contributed by atoms with Crippen LogP contribution in [0.2, 0.25) is 0 Å². The summed E-state index contributed by atoms with van der Waals surface area (Å²) < 4.78 is 0. The Morgan fingerprint density at radius 2 is 1.04 bits per heavy atom. The number of hydrogen-bond donors (Lipinski definition) is 0. The topological polar surface area (TPSA) is 0 Å². The van der Waals surface area contributed by atoms with Crippen molar-refractivity contribution in [1.82, 2.24) is 0 Å². The summed E-state index contributed by atoms with van der Waals surface area (Å²) in [4.78, 5) is 0. The van der Waals surface area contributed by atoms with E-state index in [4.69, 9.17) is 0 Å². The average molecular weight is 350 g/mol. The molecule has 4 aliphatic carbocycles. The largest absolute Gasteiger partial charge is 4.00 e. The van der Waals surface area contributed by atoms with Crippen LogP contribution >= 0.6 is 0 Å². The van der Waals surface area contributed by atoms with Gasteiger partial charge in [-0.3, -0.25) is 0 Å². The minimum absolute atomic E-state index is 0. The zero-order valence-corrected chi connectivity index (χ0v) is 14.9. The maximum atomic E-state index is 2.62. The van der Waals surface area contributed by atoms with E-state index in [1.807, 2.05) is 0 Å². The van der Waals surface area contributed by atoms with Gasteiger partial charge in [-0.15, -0.1) is 24.0 Å². The van der Waals surface area contributed by atoms with Crippen molar-refractivity contribution >= 4 is 0 Å². The fourth-order valence-corrected chi connectivity index (χ4v) is 4.57. The van der Waals surface area contributed by atoms with Crippen molar-refractivity contribution in [1.29, 1.82) is 0 Å². The summed E-state index contributed by atoms with van der Waals surface area (Å²) in [5.74, 6) is 4.74. The molecule has 0 saturated heterocycles. The van der Waals surface area contributed by atoms with Crippen molar-refractivity contribution in [2.45, 2.75) is 25.7 Å². The summed E-state index contributed by atoms with van der Waals surface area (Å²) in [6.07, 6.45) is 29.3. The summed E-state index contributed by atoms with van der Waals surface area (Å²) >= 11 is 0. The Kier molecular flexibility index (Phi) is 8.17. The molecule has 122 valence electrons. The Balaban J connectivity index is 0.000000882. The molecule has 0 aromatic rings. The van der Waals surface area contributed by atoms with E-state index >= 15 is 0 Å². The third-order valence-corrected chi connectivity index (χ3v) is 5.64. The molecule has 3 heteroatoms. The average Bonchev–Trinajstić information content (AvgIpc) is 3.07. The van der Waals surface area contributed by atoms with E-state index in [1.54, 1.807) is 0 Å². The molecule has 4 rings (SSSR count). The predicted molar refractivity (Wildman–Crippen MR) is 84.6 cm³/mol. The van der Waals surface area contributed by atoms with Crippen molar-refractivity contribution < 1.29 is 31.1 Å². The molecule has 23 heavy (non-hydrogen) atoms. The Bertz CT molecular complexity index is 396. The van der Waals surface area contributed by atoms with Crippen LogP contribution in [0.25, 0.3) is 0 Å². The molecule has 0 N–H and O–H groups in total. The molecule has 0 aromatic heterocycles. The van der Waals surface area contributed by atoms with Crippen LogP contribution in [0.3, 0.4) is 0 Å². The molecule has 2 fully saturated rings. The molecular weight excluding hydrogens is 326 g/mol. The molecule has 2 saturated carbocycles. The van der Waals surface area contributed by atoms with Crippen LogP contribution in [-0.4, -0.2) is 0 Å². The first-order valence-corrected chi connectivity index (χ1v) is 8.28. The van der Waals surface area contributed by atoms with Crippen molar-refractivity contribution in [3.8, 4) is 0 Å². The first-order chi connectivity index (χ1) is 9.88. The van der Waals surface area contributed by atoms with Gasteiger partial charge in [0, 0.05) is 0 Å². The first kappa shape index (κ1) is 20.6. The molecule has 0 amide bonds. The zero-order chi connectivity index (χ0) is 13.4. The van der Waals surface area contributed by atoms with Crippen molar-refractivity contribution in [3.63, 3.8) is 0 Å². The molecule has 6 unspecified atom stereocenters. The van der Waals surface area contributed by atoms with E-state index in [0.29, 0.717) is 0 Å². The number of rotatable bonds is 3. The minimum atomic E-state index is 0. The van der Waals surface area contributed by atoms with Crippen LogP contribution in [0.4, 0.5) is 0 Å². The van der Waals surface area contributed by atoms with Gasteiger partial charge in [-0.2, -0.15) is 11.8 Å². The summed E-state index contributed by atoms with van der Waals surface area (Å²) in [7, 11) is 0. The monoisotopic (exact) mass is 350 g/mol. The second kappa shape index (κ2) is 9.13. The van der Waals surface area contributed by atoms with Gasteiger partial charge in [-0.05, 0) is 11.8 Å². The Hall–Kier alpha value is -0.466. The maximum Gasteiger partial charge on any atom is 4.00 e. The summed E-state index contributed by atoms with van der Waals surface area (Å²) in [6, 6.07) is 0. The van der Waals surface area contributed by atoms with Crippen LogP contribution in [0.1, 0.15) is 25.7 Å². The first-order valence-electron chi connectivity index (χ1n) is 8.28. The van der Waals surface area contributed by atoms with Gasteiger partial charge in [-0.25, -0.2) is 0 Å². The van der Waals surface area contributed by atoms with Crippen molar-refractivity contribution in [3.05, 3.63) is 61.4 Å². The van der Waals surface area contributed by atoms with Crippen LogP contribution < -0.4 is 9.41 Å². The Morgan fingerprint density at radius 3 is 1.43 bits per heavy atom. The summed E-state index contributed by atoms with van der Waals surface area (Å²) in [6.45, 7) is 0.